The van der Waals surface area contributed by atoms with Crippen LogP contribution < -0.4 is 0 Å². The van der Waals surface area contributed by atoms with Gasteiger partial charge in [0.2, 0.25) is 0 Å². The van der Waals surface area contributed by atoms with Gasteiger partial charge in [0.1, 0.15) is 6.61 Å². The van der Waals surface area contributed by atoms with E-state index >= 15 is 0 Å². The molecule has 0 fully saturated rings. The Bertz CT molecular complexity index is 236. The number of hydrogen-bond donors (Lipinski definition) is 0. The van der Waals surface area contributed by atoms with Crippen LogP contribution in [0.4, 0.5) is 0 Å². The molecule has 3 heteroatoms. The fourth-order valence-corrected chi connectivity index (χ4v) is 1.18. The van der Waals surface area contributed by atoms with Crippen LogP contribution in [0.3, 0.4) is 0 Å². The van der Waals surface area contributed by atoms with Gasteiger partial charge in [-0.25, -0.2) is 0 Å². The van der Waals surface area contributed by atoms with Gasteiger partial charge in [-0.15, -0.1) is 4.91 Å². The van der Waals surface area contributed by atoms with E-state index in [2.05, 4.69) is 22.3 Å². The quantitative estimate of drug-likeness (QED) is 0.382. The highest BCUT2D eigenvalue weighted by molar-refractivity contribution is 5.14. The highest BCUT2D eigenvalue weighted by Gasteiger charge is 1.92. The lowest BCUT2D eigenvalue weighted by molar-refractivity contribution is 0.135. The minimum Gasteiger partial charge on any atom is -0.364 e. The molecule has 0 aliphatic carbocycles. The van der Waals surface area contributed by atoms with E-state index in [0.717, 1.165) is 19.3 Å². The van der Waals surface area contributed by atoms with Crippen molar-refractivity contribution in [2.24, 2.45) is 5.34 Å². The summed E-state index contributed by atoms with van der Waals surface area (Å²) in [6.07, 6.45) is 2.93. The van der Waals surface area contributed by atoms with Crippen LogP contribution in [0.5, 0.6) is 0 Å². The van der Waals surface area contributed by atoms with E-state index < -0.39 is 0 Å². The Morgan fingerprint density at radius 2 is 1.92 bits per heavy atom. The second-order valence-corrected chi connectivity index (χ2v) is 2.85. The third kappa shape index (κ3) is 4.25. The standard InChI is InChI=1S/C10H13NO2/c12-11-13-9-5-4-8-10-6-2-1-3-7-10/h1-3,6-7H,4-5,8-9H2. The van der Waals surface area contributed by atoms with Gasteiger partial charge in [0.05, 0.1) is 0 Å². The van der Waals surface area contributed by atoms with Gasteiger partial charge >= 0.3 is 0 Å². The van der Waals surface area contributed by atoms with E-state index in [0.29, 0.717) is 6.61 Å². The normalized spacial score (nSPS) is 9.54. The van der Waals surface area contributed by atoms with E-state index in [1.807, 2.05) is 18.2 Å². The molecule has 1 aromatic carbocycles. The molecule has 0 N–H and O–H groups in total. The third-order valence-electron chi connectivity index (χ3n) is 1.85. The Balaban J connectivity index is 2.10. The lowest BCUT2D eigenvalue weighted by Gasteiger charge is -1.99. The van der Waals surface area contributed by atoms with Crippen molar-refractivity contribution in [2.75, 3.05) is 6.61 Å². The average molecular weight is 179 g/mol. The lowest BCUT2D eigenvalue weighted by atomic mass is 10.1. The molecule has 0 aliphatic heterocycles. The molecule has 0 heterocycles. The molecule has 0 aliphatic rings. The van der Waals surface area contributed by atoms with E-state index in [1.54, 1.807) is 0 Å². The minimum atomic E-state index is 0.427. The summed E-state index contributed by atoms with van der Waals surface area (Å²) in [5.74, 6) is 0. The zero-order chi connectivity index (χ0) is 9.36. The first-order valence-electron chi connectivity index (χ1n) is 4.42. The first kappa shape index (κ1) is 9.71. The van der Waals surface area contributed by atoms with Gasteiger partial charge in [-0.1, -0.05) is 30.3 Å². The van der Waals surface area contributed by atoms with Crippen LogP contribution >= 0.6 is 0 Å². The first-order valence-corrected chi connectivity index (χ1v) is 4.42. The molecule has 70 valence electrons. The van der Waals surface area contributed by atoms with Crippen molar-refractivity contribution in [2.45, 2.75) is 19.3 Å². The van der Waals surface area contributed by atoms with Crippen LogP contribution in [-0.4, -0.2) is 6.61 Å². The van der Waals surface area contributed by atoms with Crippen LogP contribution in [-0.2, 0) is 11.3 Å². The largest absolute Gasteiger partial charge is 0.364 e. The molecular weight excluding hydrogens is 166 g/mol. The fourth-order valence-electron chi connectivity index (χ4n) is 1.18. The molecule has 0 saturated heterocycles. The average Bonchev–Trinajstić information content (AvgIpc) is 2.19. The van der Waals surface area contributed by atoms with Crippen molar-refractivity contribution in [3.05, 3.63) is 40.8 Å². The van der Waals surface area contributed by atoms with Crippen molar-refractivity contribution in [1.82, 2.24) is 0 Å². The van der Waals surface area contributed by atoms with Gasteiger partial charge in [0.25, 0.3) is 0 Å². The van der Waals surface area contributed by atoms with Crippen molar-refractivity contribution in [3.8, 4) is 0 Å². The lowest BCUT2D eigenvalue weighted by Crippen LogP contribution is -1.90. The molecule has 1 aromatic rings. The van der Waals surface area contributed by atoms with Crippen LogP contribution in [0.15, 0.2) is 35.7 Å². The van der Waals surface area contributed by atoms with Gasteiger partial charge in [-0.05, 0) is 24.8 Å². The summed E-state index contributed by atoms with van der Waals surface area (Å²) in [5, 5.41) is 2.33. The maximum Gasteiger partial charge on any atom is 0.155 e. The van der Waals surface area contributed by atoms with Crippen LogP contribution in [0.2, 0.25) is 0 Å². The van der Waals surface area contributed by atoms with Crippen molar-refractivity contribution < 1.29 is 4.84 Å². The second kappa shape index (κ2) is 6.17. The van der Waals surface area contributed by atoms with Crippen LogP contribution in [0, 0.1) is 4.91 Å². The molecule has 0 bridgehead atoms. The topological polar surface area (TPSA) is 38.7 Å². The fraction of sp³-hybridized carbons (Fsp3) is 0.400. The highest BCUT2D eigenvalue weighted by Crippen LogP contribution is 2.04. The van der Waals surface area contributed by atoms with E-state index in [9.17, 15) is 4.91 Å². The number of hydrogen-bond acceptors (Lipinski definition) is 3. The summed E-state index contributed by atoms with van der Waals surface area (Å²) in [5.41, 5.74) is 1.32. The molecule has 0 unspecified atom stereocenters. The minimum absolute atomic E-state index is 0.427. The predicted octanol–water partition coefficient (Wildman–Crippen LogP) is 2.71. The highest BCUT2D eigenvalue weighted by atomic mass is 16.7. The molecule has 1 rings (SSSR count). The first-order chi connectivity index (χ1) is 6.43. The van der Waals surface area contributed by atoms with Crippen LogP contribution in [0.1, 0.15) is 18.4 Å². The second-order valence-electron chi connectivity index (χ2n) is 2.85. The van der Waals surface area contributed by atoms with E-state index in [1.165, 1.54) is 5.56 Å². The maximum atomic E-state index is 9.57. The van der Waals surface area contributed by atoms with Crippen molar-refractivity contribution >= 4 is 0 Å². The molecule has 3 nitrogen and oxygen atoms in total. The molecule has 0 spiro atoms. The molecular formula is C10H13NO2. The summed E-state index contributed by atoms with van der Waals surface area (Å²) in [4.78, 5) is 13.9. The third-order valence-corrected chi connectivity index (χ3v) is 1.85. The zero-order valence-electron chi connectivity index (χ0n) is 7.48. The van der Waals surface area contributed by atoms with E-state index in [-0.39, 0.29) is 0 Å². The van der Waals surface area contributed by atoms with Crippen molar-refractivity contribution in [1.29, 1.82) is 0 Å². The Hall–Kier alpha value is -1.38. The van der Waals surface area contributed by atoms with Gasteiger partial charge in [0.15, 0.2) is 5.34 Å². The van der Waals surface area contributed by atoms with Crippen molar-refractivity contribution in [3.63, 3.8) is 0 Å². The summed E-state index contributed by atoms with van der Waals surface area (Å²) in [6, 6.07) is 10.2. The maximum absolute atomic E-state index is 9.57. The number of benzene rings is 1. The van der Waals surface area contributed by atoms with Gasteiger partial charge in [-0.2, -0.15) is 0 Å². The Kier molecular flexibility index (Phi) is 4.61. The smallest absolute Gasteiger partial charge is 0.155 e. The molecule has 0 aromatic heterocycles. The summed E-state index contributed by atoms with van der Waals surface area (Å²) < 4.78 is 0. The number of aryl methyl sites for hydroxylation is 1. The Morgan fingerprint density at radius 1 is 1.15 bits per heavy atom. The molecule has 0 saturated carbocycles. The zero-order valence-corrected chi connectivity index (χ0v) is 7.48. The summed E-state index contributed by atoms with van der Waals surface area (Å²) >= 11 is 0. The monoisotopic (exact) mass is 179 g/mol. The van der Waals surface area contributed by atoms with Crippen LogP contribution in [0.25, 0.3) is 0 Å². The molecule has 0 amide bonds. The molecule has 0 radical (unpaired) electrons. The Labute approximate surface area is 77.7 Å². The van der Waals surface area contributed by atoms with Gasteiger partial charge in [-0.3, -0.25) is 0 Å². The molecule has 13 heavy (non-hydrogen) atoms. The SMILES string of the molecule is O=NOCCCCc1ccccc1. The predicted molar refractivity (Wildman–Crippen MR) is 51.1 cm³/mol. The van der Waals surface area contributed by atoms with Gasteiger partial charge < -0.3 is 4.84 Å². The summed E-state index contributed by atoms with van der Waals surface area (Å²) in [6.45, 7) is 0.427. The number of rotatable bonds is 6. The van der Waals surface area contributed by atoms with E-state index in [4.69, 9.17) is 0 Å². The Morgan fingerprint density at radius 3 is 2.62 bits per heavy atom. The summed E-state index contributed by atoms with van der Waals surface area (Å²) in [7, 11) is 0. The number of unbranched alkanes of at least 4 members (excludes halogenated alkanes) is 1. The number of nitrogens with zero attached hydrogens (tertiary/aromatic N) is 1. The van der Waals surface area contributed by atoms with Gasteiger partial charge in [0, 0.05) is 0 Å². The molecule has 0 atom stereocenters.